The predicted octanol–water partition coefficient (Wildman–Crippen LogP) is 7.39. The molecule has 246 valence electrons. The first-order chi connectivity index (χ1) is 19.1. The van der Waals surface area contributed by atoms with Gasteiger partial charge in [0.15, 0.2) is 0 Å². The summed E-state index contributed by atoms with van der Waals surface area (Å²) in [5, 5.41) is 3.75. The van der Waals surface area contributed by atoms with Crippen molar-refractivity contribution in [3.8, 4) is 0 Å². The summed E-state index contributed by atoms with van der Waals surface area (Å²) in [6.45, 7) is 25.7. The SMILES string of the molecule is C[C@@H]1CC[C@@H](C)P1CCNCCP1[C@H](C)CC[C@H]1C.C[C@H]1CC[C@H](C)OS(=O)(=O)O1.C[Si](C)(C)N(CCP)CCP. The van der Waals surface area contributed by atoms with E-state index in [0.29, 0.717) is 15.8 Å². The van der Waals surface area contributed by atoms with Gasteiger partial charge in [-0.15, -0.1) is 18.5 Å². The molecule has 3 aliphatic rings. The zero-order valence-electron chi connectivity index (χ0n) is 27.9. The Labute approximate surface area is 264 Å². The Hall–Kier alpha value is 1.73. The topological polar surface area (TPSA) is 67.9 Å². The Bertz CT molecular complexity index is 738. The Morgan fingerprint density at radius 1 is 0.707 bits per heavy atom. The largest absolute Gasteiger partial charge is 0.400 e. The lowest BCUT2D eigenvalue weighted by Crippen LogP contribution is -2.47. The molecule has 0 amide bonds. The first kappa shape index (κ1) is 40.8. The minimum Gasteiger partial charge on any atom is -0.323 e. The van der Waals surface area contributed by atoms with Gasteiger partial charge in [0.1, 0.15) is 8.24 Å². The standard InChI is InChI=1S/C16H33NP2.C7H21NP2Si.C6H12O4S/c1-13-5-6-14(2)18(13)11-9-17-10-12-19-15(3)7-8-16(19)4;1-11(2,3)8(4-6-9)5-7-10;1-5-3-4-6(2)10-11(7,8)9-5/h13-17H,5-12H2,1-4H3;4-7,9-10H2,1-3H3;5-6H,3-4H2,1-2H3/t13-,14-,15-,16-;;5-,6-/m1.0/s1. The molecule has 3 rings (SSSR count). The van der Waals surface area contributed by atoms with Crippen molar-refractivity contribution in [3.05, 3.63) is 0 Å². The first-order valence-electron chi connectivity index (χ1n) is 16.1. The van der Waals surface area contributed by atoms with Crippen LogP contribution in [0.1, 0.15) is 80.1 Å². The molecule has 2 unspecified atom stereocenters. The molecule has 1 N–H and O–H groups in total. The molecule has 12 heteroatoms. The van der Waals surface area contributed by atoms with E-state index in [1.165, 1.54) is 76.5 Å². The third-order valence-corrected chi connectivity index (χ3v) is 19.7. The fourth-order valence-electron chi connectivity index (χ4n) is 6.00. The molecule has 3 heterocycles. The summed E-state index contributed by atoms with van der Waals surface area (Å²) in [6, 6.07) is 0. The van der Waals surface area contributed by atoms with Gasteiger partial charge in [0.2, 0.25) is 0 Å². The van der Waals surface area contributed by atoms with Crippen molar-refractivity contribution in [2.45, 2.75) is 135 Å². The van der Waals surface area contributed by atoms with E-state index >= 15 is 0 Å². The highest BCUT2D eigenvalue weighted by molar-refractivity contribution is 7.81. The van der Waals surface area contributed by atoms with Crippen LogP contribution in [0.3, 0.4) is 0 Å². The molecule has 0 aromatic rings. The van der Waals surface area contributed by atoms with Crippen molar-refractivity contribution in [2.24, 2.45) is 0 Å². The summed E-state index contributed by atoms with van der Waals surface area (Å²) in [4.78, 5) is 0. The fraction of sp³-hybridized carbons (Fsp3) is 1.00. The summed E-state index contributed by atoms with van der Waals surface area (Å²) in [5.74, 6) is 0. The minimum atomic E-state index is -3.72. The van der Waals surface area contributed by atoms with Gasteiger partial charge in [0.05, 0.1) is 12.2 Å². The van der Waals surface area contributed by atoms with E-state index in [4.69, 9.17) is 0 Å². The van der Waals surface area contributed by atoms with Crippen LogP contribution in [0.2, 0.25) is 19.6 Å². The lowest BCUT2D eigenvalue weighted by Gasteiger charge is -2.33. The Kier molecular flexibility index (Phi) is 20.6. The van der Waals surface area contributed by atoms with E-state index in [2.05, 4.69) is 84.1 Å². The van der Waals surface area contributed by atoms with Crippen LogP contribution in [0.15, 0.2) is 0 Å². The van der Waals surface area contributed by atoms with Crippen LogP contribution in [0, 0.1) is 0 Å². The lowest BCUT2D eigenvalue weighted by atomic mass is 10.1. The van der Waals surface area contributed by atoms with Crippen molar-refractivity contribution in [3.63, 3.8) is 0 Å². The van der Waals surface area contributed by atoms with E-state index in [1.54, 1.807) is 13.8 Å². The van der Waals surface area contributed by atoms with Crippen LogP contribution >= 0.6 is 34.3 Å². The summed E-state index contributed by atoms with van der Waals surface area (Å²) < 4.78 is 33.6. The van der Waals surface area contributed by atoms with Crippen LogP contribution in [-0.2, 0) is 18.8 Å². The van der Waals surface area contributed by atoms with Gasteiger partial charge in [-0.1, -0.05) is 63.2 Å². The van der Waals surface area contributed by atoms with E-state index in [0.717, 1.165) is 35.5 Å². The van der Waals surface area contributed by atoms with Gasteiger partial charge < -0.3 is 9.88 Å². The van der Waals surface area contributed by atoms with Gasteiger partial charge in [0, 0.05) is 0 Å². The quantitative estimate of drug-likeness (QED) is 0.139. The van der Waals surface area contributed by atoms with Crippen LogP contribution in [0.5, 0.6) is 0 Å². The van der Waals surface area contributed by atoms with Crippen molar-refractivity contribution in [1.82, 2.24) is 9.88 Å². The van der Waals surface area contributed by atoms with Gasteiger partial charge >= 0.3 is 10.4 Å². The number of hydrogen-bond donors (Lipinski definition) is 1. The van der Waals surface area contributed by atoms with Crippen LogP contribution < -0.4 is 5.32 Å². The molecule has 0 radical (unpaired) electrons. The molecule has 3 fully saturated rings. The predicted molar refractivity (Wildman–Crippen MR) is 196 cm³/mol. The summed E-state index contributed by atoms with van der Waals surface area (Å²) in [6.07, 6.45) is 12.3. The summed E-state index contributed by atoms with van der Waals surface area (Å²) in [5.41, 5.74) is 4.13. The summed E-state index contributed by atoms with van der Waals surface area (Å²) in [7, 11) is 1.53. The Morgan fingerprint density at radius 2 is 1.05 bits per heavy atom. The molecular weight excluding hydrogens is 624 g/mol. The highest BCUT2D eigenvalue weighted by Gasteiger charge is 2.30. The molecule has 41 heavy (non-hydrogen) atoms. The number of nitrogens with zero attached hydrogens (tertiary/aromatic N) is 1. The third kappa shape index (κ3) is 16.7. The van der Waals surface area contributed by atoms with Crippen LogP contribution in [-0.4, -0.2) is 107 Å². The highest BCUT2D eigenvalue weighted by Crippen LogP contribution is 2.55. The van der Waals surface area contributed by atoms with Gasteiger partial charge in [-0.05, 0) is 126 Å². The second-order valence-electron chi connectivity index (χ2n) is 13.3. The molecule has 0 aromatic heterocycles. The molecule has 6 nitrogen and oxygen atoms in total. The maximum absolute atomic E-state index is 10.8. The lowest BCUT2D eigenvalue weighted by molar-refractivity contribution is 0.177. The third-order valence-electron chi connectivity index (χ3n) is 8.65. The maximum Gasteiger partial charge on any atom is 0.400 e. The second kappa shape index (κ2) is 20.8. The van der Waals surface area contributed by atoms with E-state index < -0.39 is 18.6 Å². The maximum atomic E-state index is 10.8. The van der Waals surface area contributed by atoms with E-state index in [1.807, 2.05) is 0 Å². The Balaban J connectivity index is 0.000000330. The Morgan fingerprint density at radius 3 is 1.34 bits per heavy atom. The van der Waals surface area contributed by atoms with Crippen LogP contribution in [0.25, 0.3) is 0 Å². The molecule has 0 aromatic carbocycles. The zero-order chi connectivity index (χ0) is 31.2. The van der Waals surface area contributed by atoms with E-state index in [9.17, 15) is 8.42 Å². The molecule has 0 spiro atoms. The van der Waals surface area contributed by atoms with Crippen molar-refractivity contribution < 1.29 is 16.8 Å². The molecular formula is C29H66N2O4P4SSi. The second-order valence-corrected chi connectivity index (χ2v) is 27.1. The van der Waals surface area contributed by atoms with Crippen LogP contribution in [0.4, 0.5) is 0 Å². The smallest absolute Gasteiger partial charge is 0.323 e. The zero-order valence-corrected chi connectivity index (χ0v) is 33.8. The van der Waals surface area contributed by atoms with Gasteiger partial charge in [0.25, 0.3) is 0 Å². The molecule has 3 aliphatic heterocycles. The number of rotatable bonds is 11. The fourth-order valence-corrected chi connectivity index (χ4v) is 16.0. The summed E-state index contributed by atoms with van der Waals surface area (Å²) >= 11 is 0. The van der Waals surface area contributed by atoms with E-state index in [-0.39, 0.29) is 12.2 Å². The molecule has 0 bridgehead atoms. The number of hydrogen-bond acceptors (Lipinski definition) is 6. The highest BCUT2D eigenvalue weighted by atomic mass is 32.3. The molecule has 0 saturated carbocycles. The van der Waals surface area contributed by atoms with Gasteiger partial charge in [-0.25, -0.2) is 8.37 Å². The average molecular weight is 691 g/mol. The number of nitrogens with one attached hydrogen (secondary N) is 1. The molecule has 0 aliphatic carbocycles. The molecule has 3 saturated heterocycles. The average Bonchev–Trinajstić information content (AvgIpc) is 3.32. The first-order valence-corrected chi connectivity index (χ1v) is 25.8. The van der Waals surface area contributed by atoms with Gasteiger partial charge in [-0.3, -0.25) is 0 Å². The minimum absolute atomic E-state index is 0.259. The van der Waals surface area contributed by atoms with Crippen molar-refractivity contribution in [1.29, 1.82) is 0 Å². The molecule has 8 atom stereocenters. The normalized spacial score (nSPS) is 30.8. The van der Waals surface area contributed by atoms with Gasteiger partial charge in [-0.2, -0.15) is 8.42 Å². The van der Waals surface area contributed by atoms with Crippen molar-refractivity contribution >= 4 is 53.0 Å². The monoisotopic (exact) mass is 690 g/mol. The van der Waals surface area contributed by atoms with Crippen molar-refractivity contribution in [2.75, 3.05) is 50.8 Å².